The molecule has 3 rings (SSSR count). The molecule has 7 nitrogen and oxygen atoms in total. The molecule has 0 saturated carbocycles. The molecule has 0 aromatic heterocycles. The molecule has 1 aromatic carbocycles. The number of amidine groups is 1. The SMILES string of the molecule is CCOC(=O)C1CCN(C2=NC(=O)/C(=C/c3ccc(O)c(OC)c3)S2)CC1. The molecule has 144 valence electrons. The van der Waals surface area contributed by atoms with Crippen LogP contribution in [0.5, 0.6) is 11.5 Å². The average Bonchev–Trinajstić information content (AvgIpc) is 3.04. The number of esters is 1. The van der Waals surface area contributed by atoms with E-state index in [1.54, 1.807) is 25.1 Å². The fourth-order valence-corrected chi connectivity index (χ4v) is 4.00. The molecular weight excluding hydrogens is 368 g/mol. The summed E-state index contributed by atoms with van der Waals surface area (Å²) in [5, 5.41) is 10.3. The minimum Gasteiger partial charge on any atom is -0.504 e. The van der Waals surface area contributed by atoms with Gasteiger partial charge in [0.2, 0.25) is 0 Å². The lowest BCUT2D eigenvalue weighted by Gasteiger charge is -2.31. The van der Waals surface area contributed by atoms with Crippen molar-refractivity contribution in [2.24, 2.45) is 10.9 Å². The number of carbonyl (C=O) groups is 2. The Bertz CT molecular complexity index is 797. The molecule has 0 aliphatic carbocycles. The summed E-state index contributed by atoms with van der Waals surface area (Å²) >= 11 is 1.33. The van der Waals surface area contributed by atoms with Crippen molar-refractivity contribution >= 4 is 34.9 Å². The van der Waals surface area contributed by atoms with Crippen molar-refractivity contribution in [1.82, 2.24) is 4.90 Å². The number of benzene rings is 1. The molecule has 1 amide bonds. The van der Waals surface area contributed by atoms with Crippen LogP contribution < -0.4 is 4.74 Å². The van der Waals surface area contributed by atoms with E-state index in [-0.39, 0.29) is 23.5 Å². The number of aromatic hydroxyl groups is 1. The summed E-state index contributed by atoms with van der Waals surface area (Å²) in [7, 11) is 1.47. The molecule has 0 atom stereocenters. The Balaban J connectivity index is 1.64. The molecule has 1 aromatic rings. The number of hydrogen-bond donors (Lipinski definition) is 1. The monoisotopic (exact) mass is 390 g/mol. The molecular formula is C19H22N2O5S. The molecule has 0 radical (unpaired) electrons. The first-order chi connectivity index (χ1) is 13.0. The smallest absolute Gasteiger partial charge is 0.309 e. The summed E-state index contributed by atoms with van der Waals surface area (Å²) in [6.45, 7) is 3.54. The number of hydrogen-bond acceptors (Lipinski definition) is 7. The van der Waals surface area contributed by atoms with Gasteiger partial charge in [0, 0.05) is 13.1 Å². The Morgan fingerprint density at radius 2 is 2.15 bits per heavy atom. The quantitative estimate of drug-likeness (QED) is 0.624. The molecule has 1 saturated heterocycles. The number of amides is 1. The lowest BCUT2D eigenvalue weighted by molar-refractivity contribution is -0.149. The van der Waals surface area contributed by atoms with E-state index in [9.17, 15) is 14.7 Å². The summed E-state index contributed by atoms with van der Waals surface area (Å²) in [6.07, 6.45) is 3.12. The zero-order chi connectivity index (χ0) is 19.4. The van der Waals surface area contributed by atoms with E-state index < -0.39 is 0 Å². The van der Waals surface area contributed by atoms with Gasteiger partial charge in [0.15, 0.2) is 16.7 Å². The number of nitrogens with zero attached hydrogens (tertiary/aromatic N) is 2. The third-order valence-electron chi connectivity index (χ3n) is 4.50. The standard InChI is InChI=1S/C19H22N2O5S/c1-3-26-18(24)13-6-8-21(9-7-13)19-20-17(23)16(27-19)11-12-4-5-14(22)15(10-12)25-2/h4-5,10-11,13,22H,3,6-9H2,1-2H3/b16-11-. The Morgan fingerprint density at radius 3 is 2.81 bits per heavy atom. The van der Waals surface area contributed by atoms with Crippen molar-refractivity contribution in [3.8, 4) is 11.5 Å². The molecule has 2 aliphatic heterocycles. The van der Waals surface area contributed by atoms with Crippen LogP contribution in [0.4, 0.5) is 0 Å². The van der Waals surface area contributed by atoms with Gasteiger partial charge in [0.1, 0.15) is 0 Å². The van der Waals surface area contributed by atoms with Gasteiger partial charge in [0.25, 0.3) is 5.91 Å². The number of rotatable bonds is 4. The van der Waals surface area contributed by atoms with Crippen molar-refractivity contribution in [2.45, 2.75) is 19.8 Å². The van der Waals surface area contributed by atoms with E-state index in [2.05, 4.69) is 4.99 Å². The Morgan fingerprint density at radius 1 is 1.41 bits per heavy atom. The fourth-order valence-electron chi connectivity index (χ4n) is 3.04. The number of phenols is 1. The molecule has 8 heteroatoms. The van der Waals surface area contributed by atoms with E-state index in [0.29, 0.717) is 48.4 Å². The van der Waals surface area contributed by atoms with Crippen LogP contribution in [-0.2, 0) is 14.3 Å². The van der Waals surface area contributed by atoms with Gasteiger partial charge in [-0.25, -0.2) is 0 Å². The number of phenolic OH excluding ortho intramolecular Hbond substituents is 1. The van der Waals surface area contributed by atoms with Crippen molar-refractivity contribution < 1.29 is 24.2 Å². The summed E-state index contributed by atoms with van der Waals surface area (Å²) in [4.78, 5) is 30.8. The predicted octanol–water partition coefficient (Wildman–Crippen LogP) is 2.65. The second-order valence-corrected chi connectivity index (χ2v) is 7.26. The second-order valence-electron chi connectivity index (χ2n) is 6.25. The molecule has 2 aliphatic rings. The first-order valence-electron chi connectivity index (χ1n) is 8.83. The number of likely N-dealkylation sites (tertiary alicyclic amines) is 1. The lowest BCUT2D eigenvalue weighted by atomic mass is 9.97. The van der Waals surface area contributed by atoms with E-state index >= 15 is 0 Å². The van der Waals surface area contributed by atoms with Crippen LogP contribution in [-0.4, -0.2) is 53.9 Å². The van der Waals surface area contributed by atoms with E-state index in [1.807, 2.05) is 4.90 Å². The van der Waals surface area contributed by atoms with Gasteiger partial charge in [-0.15, -0.1) is 0 Å². The summed E-state index contributed by atoms with van der Waals surface area (Å²) in [5.74, 6) is -0.109. The maximum atomic E-state index is 12.3. The van der Waals surface area contributed by atoms with Gasteiger partial charge in [-0.1, -0.05) is 6.07 Å². The highest BCUT2D eigenvalue weighted by Crippen LogP contribution is 2.34. The van der Waals surface area contributed by atoms with Crippen LogP contribution in [0, 0.1) is 5.92 Å². The van der Waals surface area contributed by atoms with Crippen LogP contribution in [0.2, 0.25) is 0 Å². The highest BCUT2D eigenvalue weighted by atomic mass is 32.2. The molecule has 0 bridgehead atoms. The Labute approximate surface area is 162 Å². The van der Waals surface area contributed by atoms with Gasteiger partial charge in [-0.3, -0.25) is 9.59 Å². The number of carbonyl (C=O) groups excluding carboxylic acids is 2. The molecule has 27 heavy (non-hydrogen) atoms. The Kier molecular flexibility index (Phi) is 6.05. The predicted molar refractivity (Wildman–Crippen MR) is 104 cm³/mol. The number of thioether (sulfide) groups is 1. The normalized spacial score (nSPS) is 19.3. The number of piperidine rings is 1. The number of ether oxygens (including phenoxy) is 2. The van der Waals surface area contributed by atoms with Gasteiger partial charge in [0.05, 0.1) is 24.5 Å². The first-order valence-corrected chi connectivity index (χ1v) is 9.64. The third-order valence-corrected chi connectivity index (χ3v) is 5.54. The van der Waals surface area contributed by atoms with E-state index in [0.717, 1.165) is 5.56 Å². The summed E-state index contributed by atoms with van der Waals surface area (Å²) in [5.41, 5.74) is 0.748. The maximum absolute atomic E-state index is 12.3. The van der Waals surface area contributed by atoms with Crippen molar-refractivity contribution in [2.75, 3.05) is 26.8 Å². The topological polar surface area (TPSA) is 88.4 Å². The summed E-state index contributed by atoms with van der Waals surface area (Å²) < 4.78 is 10.2. The zero-order valence-electron chi connectivity index (χ0n) is 15.3. The largest absolute Gasteiger partial charge is 0.504 e. The highest BCUT2D eigenvalue weighted by molar-refractivity contribution is 8.18. The molecule has 1 N–H and O–H groups in total. The van der Waals surface area contributed by atoms with Crippen molar-refractivity contribution in [1.29, 1.82) is 0 Å². The highest BCUT2D eigenvalue weighted by Gasteiger charge is 2.31. The van der Waals surface area contributed by atoms with Crippen LogP contribution in [0.15, 0.2) is 28.1 Å². The molecule has 0 spiro atoms. The van der Waals surface area contributed by atoms with Gasteiger partial charge in [-0.05, 0) is 55.3 Å². The van der Waals surface area contributed by atoms with Gasteiger partial charge in [-0.2, -0.15) is 4.99 Å². The maximum Gasteiger partial charge on any atom is 0.309 e. The van der Waals surface area contributed by atoms with Crippen LogP contribution in [0.1, 0.15) is 25.3 Å². The van der Waals surface area contributed by atoms with Gasteiger partial charge >= 0.3 is 5.97 Å². The van der Waals surface area contributed by atoms with Crippen LogP contribution in [0.3, 0.4) is 0 Å². The van der Waals surface area contributed by atoms with Crippen LogP contribution >= 0.6 is 11.8 Å². The molecule has 2 heterocycles. The fraction of sp³-hybridized carbons (Fsp3) is 0.421. The first kappa shape index (κ1) is 19.3. The minimum absolute atomic E-state index is 0.0476. The molecule has 0 unspecified atom stereocenters. The lowest BCUT2D eigenvalue weighted by Crippen LogP contribution is -2.39. The minimum atomic E-state index is -0.283. The average molecular weight is 390 g/mol. The van der Waals surface area contributed by atoms with Crippen LogP contribution in [0.25, 0.3) is 6.08 Å². The van der Waals surface area contributed by atoms with Gasteiger partial charge < -0.3 is 19.5 Å². The second kappa shape index (κ2) is 8.47. The van der Waals surface area contributed by atoms with Crippen molar-refractivity contribution in [3.05, 3.63) is 28.7 Å². The zero-order valence-corrected chi connectivity index (χ0v) is 16.1. The third kappa shape index (κ3) is 4.44. The number of aliphatic imine (C=N–C) groups is 1. The van der Waals surface area contributed by atoms with Crippen molar-refractivity contribution in [3.63, 3.8) is 0 Å². The van der Waals surface area contributed by atoms with E-state index in [4.69, 9.17) is 9.47 Å². The molecule has 1 fully saturated rings. The van der Waals surface area contributed by atoms with E-state index in [1.165, 1.54) is 24.9 Å². The summed E-state index contributed by atoms with van der Waals surface area (Å²) in [6, 6.07) is 4.90. The Hall–Kier alpha value is -2.48. The number of methoxy groups -OCH3 is 1.